The molecule has 4 nitrogen and oxygen atoms in total. The van der Waals surface area contributed by atoms with Crippen molar-refractivity contribution in [1.82, 2.24) is 4.90 Å². The zero-order chi connectivity index (χ0) is 17.3. The molecule has 0 radical (unpaired) electrons. The minimum atomic E-state index is -0.517. The van der Waals surface area contributed by atoms with Crippen LogP contribution in [0.2, 0.25) is 14.4 Å². The molecular formula is C16H13Cl3N2O2S. The summed E-state index contributed by atoms with van der Waals surface area (Å²) in [6.45, 7) is 0.544. The van der Waals surface area contributed by atoms with Gasteiger partial charge in [0.15, 0.2) is 0 Å². The van der Waals surface area contributed by atoms with Crippen LogP contribution in [0.25, 0.3) is 0 Å². The van der Waals surface area contributed by atoms with Crippen LogP contribution in [0.5, 0.6) is 0 Å². The highest BCUT2D eigenvalue weighted by Gasteiger charge is 2.35. The van der Waals surface area contributed by atoms with E-state index < -0.39 is 6.04 Å². The third-order valence-electron chi connectivity index (χ3n) is 3.73. The molecule has 8 heteroatoms. The molecule has 1 aromatic heterocycles. The van der Waals surface area contributed by atoms with E-state index in [-0.39, 0.29) is 11.8 Å². The van der Waals surface area contributed by atoms with Gasteiger partial charge < -0.3 is 10.2 Å². The van der Waals surface area contributed by atoms with Gasteiger partial charge in [-0.3, -0.25) is 9.59 Å². The van der Waals surface area contributed by atoms with Gasteiger partial charge >= 0.3 is 0 Å². The monoisotopic (exact) mass is 402 g/mol. The van der Waals surface area contributed by atoms with Crippen LogP contribution in [0.4, 0.5) is 5.69 Å². The molecule has 0 bridgehead atoms. The van der Waals surface area contributed by atoms with Gasteiger partial charge in [0, 0.05) is 22.3 Å². The van der Waals surface area contributed by atoms with Crippen molar-refractivity contribution < 1.29 is 9.59 Å². The quantitative estimate of drug-likeness (QED) is 0.788. The fraction of sp³-hybridized carbons (Fsp3) is 0.250. The summed E-state index contributed by atoms with van der Waals surface area (Å²) in [5.74, 6) is -0.421. The number of benzene rings is 1. The van der Waals surface area contributed by atoms with Crippen LogP contribution in [0.15, 0.2) is 30.3 Å². The summed E-state index contributed by atoms with van der Waals surface area (Å²) in [6.07, 6.45) is 1.39. The molecule has 1 fully saturated rings. The first-order chi connectivity index (χ1) is 11.4. The predicted octanol–water partition coefficient (Wildman–Crippen LogP) is 4.95. The number of thiophene rings is 1. The molecule has 0 spiro atoms. The lowest BCUT2D eigenvalue weighted by Crippen LogP contribution is -2.42. The minimum Gasteiger partial charge on any atom is -0.326 e. The molecule has 0 saturated carbocycles. The Bertz CT molecular complexity index is 773. The molecule has 1 unspecified atom stereocenters. The van der Waals surface area contributed by atoms with Crippen LogP contribution < -0.4 is 5.32 Å². The van der Waals surface area contributed by atoms with E-state index in [0.29, 0.717) is 37.9 Å². The lowest BCUT2D eigenvalue weighted by Gasteiger charge is -2.23. The highest BCUT2D eigenvalue weighted by molar-refractivity contribution is 7.18. The van der Waals surface area contributed by atoms with Crippen molar-refractivity contribution in [3.05, 3.63) is 49.6 Å². The molecule has 2 heterocycles. The van der Waals surface area contributed by atoms with Crippen molar-refractivity contribution in [1.29, 1.82) is 0 Å². The molecule has 1 aliphatic heterocycles. The van der Waals surface area contributed by atoms with Gasteiger partial charge in [0.2, 0.25) is 5.91 Å². The molecule has 3 rings (SSSR count). The highest BCUT2D eigenvalue weighted by atomic mass is 35.5. The molecule has 1 saturated heterocycles. The first kappa shape index (κ1) is 17.5. The largest absolute Gasteiger partial charge is 0.326 e. The summed E-state index contributed by atoms with van der Waals surface area (Å²) in [5, 5.41) is 3.65. The van der Waals surface area contributed by atoms with Gasteiger partial charge in [-0.2, -0.15) is 0 Å². The molecular weight excluding hydrogens is 391 g/mol. The van der Waals surface area contributed by atoms with Crippen molar-refractivity contribution in [2.75, 3.05) is 11.9 Å². The molecule has 1 aliphatic rings. The normalized spacial score (nSPS) is 17.1. The van der Waals surface area contributed by atoms with Crippen molar-refractivity contribution in [3.63, 3.8) is 0 Å². The maximum atomic E-state index is 12.6. The first-order valence-electron chi connectivity index (χ1n) is 7.27. The van der Waals surface area contributed by atoms with Gasteiger partial charge in [0.05, 0.1) is 9.21 Å². The van der Waals surface area contributed by atoms with E-state index in [1.807, 2.05) is 0 Å². The first-order valence-corrected chi connectivity index (χ1v) is 9.22. The summed E-state index contributed by atoms with van der Waals surface area (Å²) in [5.41, 5.74) is 0.510. The molecule has 126 valence electrons. The third-order valence-corrected chi connectivity index (χ3v) is 5.39. The zero-order valence-electron chi connectivity index (χ0n) is 12.4. The number of amides is 2. The average Bonchev–Trinajstić information content (AvgIpc) is 3.14. The summed E-state index contributed by atoms with van der Waals surface area (Å²) in [4.78, 5) is 27.3. The molecule has 0 aliphatic carbocycles. The van der Waals surface area contributed by atoms with Gasteiger partial charge in [0.25, 0.3) is 5.91 Å². The molecule has 1 atom stereocenters. The second kappa shape index (κ2) is 7.31. The smallest absolute Gasteiger partial charge is 0.264 e. The van der Waals surface area contributed by atoms with E-state index in [0.717, 1.165) is 6.42 Å². The van der Waals surface area contributed by atoms with Crippen molar-refractivity contribution in [3.8, 4) is 0 Å². The van der Waals surface area contributed by atoms with E-state index in [4.69, 9.17) is 34.8 Å². The van der Waals surface area contributed by atoms with Crippen LogP contribution in [-0.4, -0.2) is 29.3 Å². The summed E-state index contributed by atoms with van der Waals surface area (Å²) in [7, 11) is 0. The summed E-state index contributed by atoms with van der Waals surface area (Å²) in [6, 6.07) is 7.66. The molecule has 1 N–H and O–H groups in total. The molecule has 1 aromatic carbocycles. The second-order valence-electron chi connectivity index (χ2n) is 5.41. The Kier molecular flexibility index (Phi) is 5.35. The van der Waals surface area contributed by atoms with Crippen LogP contribution >= 0.6 is 46.1 Å². The summed E-state index contributed by atoms with van der Waals surface area (Å²) >= 11 is 19.0. The Morgan fingerprint density at radius 1 is 1.12 bits per heavy atom. The highest BCUT2D eigenvalue weighted by Crippen LogP contribution is 2.28. The van der Waals surface area contributed by atoms with Gasteiger partial charge in [0.1, 0.15) is 6.04 Å². The number of rotatable bonds is 3. The van der Waals surface area contributed by atoms with Gasteiger partial charge in [-0.25, -0.2) is 0 Å². The number of halogens is 3. The Labute approximate surface area is 158 Å². The topological polar surface area (TPSA) is 49.4 Å². The van der Waals surface area contributed by atoms with Crippen LogP contribution in [-0.2, 0) is 4.79 Å². The Hall–Kier alpha value is -1.27. The lowest BCUT2D eigenvalue weighted by molar-refractivity contribution is -0.119. The van der Waals surface area contributed by atoms with E-state index in [1.54, 1.807) is 35.2 Å². The molecule has 2 aromatic rings. The average molecular weight is 404 g/mol. The number of hydrogen-bond donors (Lipinski definition) is 1. The maximum Gasteiger partial charge on any atom is 0.264 e. The maximum absolute atomic E-state index is 12.6. The number of carbonyl (C=O) groups is 2. The Balaban J connectivity index is 1.75. The van der Waals surface area contributed by atoms with Gasteiger partial charge in [-0.05, 0) is 43.2 Å². The number of hydrogen-bond acceptors (Lipinski definition) is 3. The SMILES string of the molecule is O=C(Nc1cc(Cl)cc(Cl)c1)C1CCCN1C(=O)c1ccc(Cl)s1. The van der Waals surface area contributed by atoms with E-state index in [9.17, 15) is 9.59 Å². The number of nitrogens with zero attached hydrogens (tertiary/aromatic N) is 1. The van der Waals surface area contributed by atoms with Crippen LogP contribution in [0.1, 0.15) is 22.5 Å². The minimum absolute atomic E-state index is 0.173. The standard InChI is InChI=1S/C16H13Cl3N2O2S/c17-9-6-10(18)8-11(7-9)20-15(22)12-2-1-5-21(12)16(23)13-3-4-14(19)24-13/h3-4,6-8,12H,1-2,5H2,(H,20,22). The van der Waals surface area contributed by atoms with Crippen molar-refractivity contribution in [2.45, 2.75) is 18.9 Å². The van der Waals surface area contributed by atoms with Crippen molar-refractivity contribution in [2.24, 2.45) is 0 Å². The number of nitrogens with one attached hydrogen (secondary N) is 1. The van der Waals surface area contributed by atoms with Gasteiger partial charge in [-0.1, -0.05) is 34.8 Å². The second-order valence-corrected chi connectivity index (χ2v) is 8.00. The Morgan fingerprint density at radius 3 is 2.46 bits per heavy atom. The fourth-order valence-electron chi connectivity index (χ4n) is 2.70. The predicted molar refractivity (Wildman–Crippen MR) is 98.5 cm³/mol. The number of likely N-dealkylation sites (tertiary alicyclic amines) is 1. The van der Waals surface area contributed by atoms with E-state index in [1.165, 1.54) is 11.3 Å². The Morgan fingerprint density at radius 2 is 1.83 bits per heavy atom. The van der Waals surface area contributed by atoms with E-state index >= 15 is 0 Å². The van der Waals surface area contributed by atoms with Crippen LogP contribution in [0.3, 0.4) is 0 Å². The molecule has 24 heavy (non-hydrogen) atoms. The number of anilines is 1. The van der Waals surface area contributed by atoms with E-state index in [2.05, 4.69) is 5.32 Å². The van der Waals surface area contributed by atoms with Gasteiger partial charge in [-0.15, -0.1) is 11.3 Å². The summed E-state index contributed by atoms with van der Waals surface area (Å²) < 4.78 is 0.548. The third kappa shape index (κ3) is 3.86. The molecule has 2 amide bonds. The zero-order valence-corrected chi connectivity index (χ0v) is 15.5. The fourth-order valence-corrected chi connectivity index (χ4v) is 4.23. The van der Waals surface area contributed by atoms with Crippen molar-refractivity contribution >= 4 is 63.6 Å². The lowest BCUT2D eigenvalue weighted by atomic mass is 10.2. The van der Waals surface area contributed by atoms with Crippen LogP contribution in [0, 0.1) is 0 Å². The number of carbonyl (C=O) groups excluding carboxylic acids is 2.